The molecule has 1 aliphatic rings. The molecule has 0 spiro atoms. The number of rotatable bonds is 8. The largest absolute Gasteiger partial charge is 0.366 e. The van der Waals surface area contributed by atoms with Gasteiger partial charge < -0.3 is 16.0 Å². The zero-order chi connectivity index (χ0) is 20.1. The summed E-state index contributed by atoms with van der Waals surface area (Å²) in [5.41, 5.74) is 1.40. The molecule has 1 aliphatic carbocycles. The molecule has 2 aromatic heterocycles. The number of hydrogen-bond donors (Lipinski definition) is 3. The molecule has 7 nitrogen and oxygen atoms in total. The van der Waals surface area contributed by atoms with Crippen LogP contribution in [0.3, 0.4) is 0 Å². The zero-order valence-corrected chi connectivity index (χ0v) is 15.7. The van der Waals surface area contributed by atoms with Crippen LogP contribution in [-0.4, -0.2) is 27.4 Å². The van der Waals surface area contributed by atoms with Crippen molar-refractivity contribution in [1.29, 1.82) is 0 Å². The van der Waals surface area contributed by atoms with Crippen LogP contribution in [0, 0.1) is 11.7 Å². The summed E-state index contributed by atoms with van der Waals surface area (Å²) in [6, 6.07) is 9.61. The van der Waals surface area contributed by atoms with Gasteiger partial charge in [0.25, 0.3) is 5.91 Å². The first-order valence-corrected chi connectivity index (χ1v) is 9.47. The molecule has 1 amide bonds. The van der Waals surface area contributed by atoms with Crippen molar-refractivity contribution < 1.29 is 9.18 Å². The summed E-state index contributed by atoms with van der Waals surface area (Å²) in [5, 5.41) is 9.22. The van der Waals surface area contributed by atoms with E-state index < -0.39 is 0 Å². The first-order chi connectivity index (χ1) is 14.2. The molecule has 148 valence electrons. The van der Waals surface area contributed by atoms with E-state index in [2.05, 4.69) is 30.9 Å². The highest BCUT2D eigenvalue weighted by Gasteiger charge is 2.22. The van der Waals surface area contributed by atoms with Crippen LogP contribution in [-0.2, 0) is 6.54 Å². The number of nitrogens with zero attached hydrogens (tertiary/aromatic N) is 3. The van der Waals surface area contributed by atoms with E-state index in [-0.39, 0.29) is 11.7 Å². The molecule has 1 fully saturated rings. The maximum atomic E-state index is 13.1. The van der Waals surface area contributed by atoms with Gasteiger partial charge in [0.1, 0.15) is 23.3 Å². The summed E-state index contributed by atoms with van der Waals surface area (Å²) in [6.07, 6.45) is 7.06. The Hall–Kier alpha value is -3.55. The number of carbonyl (C=O) groups is 1. The van der Waals surface area contributed by atoms with E-state index in [1.54, 1.807) is 42.9 Å². The third kappa shape index (κ3) is 5.47. The second kappa shape index (κ2) is 8.64. The maximum absolute atomic E-state index is 13.1. The molecule has 0 bridgehead atoms. The summed E-state index contributed by atoms with van der Waals surface area (Å²) < 4.78 is 13.1. The molecule has 2 heterocycles. The SMILES string of the molecule is O=C(NCC1CC1)c1cc(NCc2ccc(F)cc2)nc(Nc2cnccn2)c1. The van der Waals surface area contributed by atoms with Gasteiger partial charge in [-0.15, -0.1) is 0 Å². The van der Waals surface area contributed by atoms with Crippen LogP contribution in [0.5, 0.6) is 0 Å². The molecule has 0 aliphatic heterocycles. The number of hydrogen-bond acceptors (Lipinski definition) is 6. The molecule has 0 radical (unpaired) electrons. The fourth-order valence-electron chi connectivity index (χ4n) is 2.77. The minimum Gasteiger partial charge on any atom is -0.366 e. The Kier molecular flexibility index (Phi) is 5.60. The fraction of sp³-hybridized carbons (Fsp3) is 0.238. The number of aromatic nitrogens is 3. The monoisotopic (exact) mass is 392 g/mol. The van der Waals surface area contributed by atoms with Crippen LogP contribution in [0.2, 0.25) is 0 Å². The van der Waals surface area contributed by atoms with Gasteiger partial charge in [0.05, 0.1) is 6.20 Å². The van der Waals surface area contributed by atoms with Gasteiger partial charge in [-0.2, -0.15) is 0 Å². The van der Waals surface area contributed by atoms with E-state index in [1.165, 1.54) is 25.0 Å². The highest BCUT2D eigenvalue weighted by Crippen LogP contribution is 2.27. The van der Waals surface area contributed by atoms with E-state index in [0.29, 0.717) is 42.0 Å². The van der Waals surface area contributed by atoms with E-state index in [9.17, 15) is 9.18 Å². The number of carbonyl (C=O) groups excluding carboxylic acids is 1. The summed E-state index contributed by atoms with van der Waals surface area (Å²) in [5.74, 6) is 1.70. The van der Waals surface area contributed by atoms with Crippen molar-refractivity contribution in [3.63, 3.8) is 0 Å². The van der Waals surface area contributed by atoms with Crippen molar-refractivity contribution >= 4 is 23.4 Å². The van der Waals surface area contributed by atoms with Crippen molar-refractivity contribution in [3.05, 3.63) is 71.9 Å². The van der Waals surface area contributed by atoms with Crippen LogP contribution < -0.4 is 16.0 Å². The summed E-state index contributed by atoms with van der Waals surface area (Å²) >= 11 is 0. The Morgan fingerprint density at radius 3 is 2.59 bits per heavy atom. The lowest BCUT2D eigenvalue weighted by Crippen LogP contribution is -2.25. The van der Waals surface area contributed by atoms with Crippen molar-refractivity contribution in [3.8, 4) is 0 Å². The fourth-order valence-corrected chi connectivity index (χ4v) is 2.77. The van der Waals surface area contributed by atoms with Crippen molar-refractivity contribution in [2.75, 3.05) is 17.2 Å². The van der Waals surface area contributed by atoms with Gasteiger partial charge in [-0.1, -0.05) is 12.1 Å². The lowest BCUT2D eigenvalue weighted by atomic mass is 10.2. The first-order valence-electron chi connectivity index (χ1n) is 9.47. The highest BCUT2D eigenvalue weighted by atomic mass is 19.1. The third-order valence-electron chi connectivity index (χ3n) is 4.54. The van der Waals surface area contributed by atoms with Crippen molar-refractivity contribution in [2.45, 2.75) is 19.4 Å². The molecule has 3 aromatic rings. The van der Waals surface area contributed by atoms with Crippen LogP contribution in [0.4, 0.5) is 21.8 Å². The average Bonchev–Trinajstić information content (AvgIpc) is 3.57. The number of anilines is 3. The van der Waals surface area contributed by atoms with Gasteiger partial charge in [0.2, 0.25) is 0 Å². The highest BCUT2D eigenvalue weighted by molar-refractivity contribution is 5.95. The second-order valence-corrected chi connectivity index (χ2v) is 6.98. The molecule has 29 heavy (non-hydrogen) atoms. The van der Waals surface area contributed by atoms with Crippen molar-refractivity contribution in [1.82, 2.24) is 20.3 Å². The van der Waals surface area contributed by atoms with Gasteiger partial charge in [0, 0.05) is 31.0 Å². The summed E-state index contributed by atoms with van der Waals surface area (Å²) in [7, 11) is 0. The lowest BCUT2D eigenvalue weighted by Gasteiger charge is -2.12. The van der Waals surface area contributed by atoms with Gasteiger partial charge in [0.15, 0.2) is 0 Å². The predicted molar refractivity (Wildman–Crippen MR) is 108 cm³/mol. The lowest BCUT2D eigenvalue weighted by molar-refractivity contribution is 0.0952. The Morgan fingerprint density at radius 1 is 1.07 bits per heavy atom. The molecular formula is C21H21FN6O. The molecule has 8 heteroatoms. The minimum absolute atomic E-state index is 0.147. The third-order valence-corrected chi connectivity index (χ3v) is 4.54. The predicted octanol–water partition coefficient (Wildman–Crippen LogP) is 3.51. The number of halogens is 1. The molecule has 1 saturated carbocycles. The van der Waals surface area contributed by atoms with Crippen LogP contribution in [0.25, 0.3) is 0 Å². The number of benzene rings is 1. The van der Waals surface area contributed by atoms with E-state index in [1.807, 2.05) is 0 Å². The van der Waals surface area contributed by atoms with Crippen LogP contribution in [0.15, 0.2) is 55.0 Å². The second-order valence-electron chi connectivity index (χ2n) is 6.98. The smallest absolute Gasteiger partial charge is 0.251 e. The average molecular weight is 392 g/mol. The van der Waals surface area contributed by atoms with E-state index in [0.717, 1.165) is 5.56 Å². The van der Waals surface area contributed by atoms with Gasteiger partial charge >= 0.3 is 0 Å². The number of amides is 1. The zero-order valence-electron chi connectivity index (χ0n) is 15.7. The molecule has 3 N–H and O–H groups in total. The molecule has 0 unspecified atom stereocenters. The molecule has 1 aromatic carbocycles. The minimum atomic E-state index is -0.281. The first kappa shape index (κ1) is 18.8. The normalized spacial score (nSPS) is 13.0. The van der Waals surface area contributed by atoms with Crippen molar-refractivity contribution in [2.24, 2.45) is 5.92 Å². The summed E-state index contributed by atoms with van der Waals surface area (Å²) in [4.78, 5) is 25.3. The molecule has 0 atom stereocenters. The molecule has 4 rings (SSSR count). The Balaban J connectivity index is 1.52. The standard InChI is InChI=1S/C21H21FN6O/c22-17-5-3-15(4-6-17)11-25-18-9-16(21(29)26-12-14-1-2-14)10-19(27-18)28-20-13-23-7-8-24-20/h3-10,13-14H,1-2,11-12H2,(H,26,29)(H2,24,25,27,28). The quantitative estimate of drug-likeness (QED) is 0.543. The molecule has 0 saturated heterocycles. The van der Waals surface area contributed by atoms with E-state index in [4.69, 9.17) is 0 Å². The Bertz CT molecular complexity index is 976. The number of nitrogens with one attached hydrogen (secondary N) is 3. The van der Waals surface area contributed by atoms with Crippen LogP contribution >= 0.6 is 0 Å². The van der Waals surface area contributed by atoms with E-state index >= 15 is 0 Å². The Morgan fingerprint density at radius 2 is 1.86 bits per heavy atom. The number of pyridine rings is 1. The van der Waals surface area contributed by atoms with Gasteiger partial charge in [-0.3, -0.25) is 9.78 Å². The van der Waals surface area contributed by atoms with Gasteiger partial charge in [-0.25, -0.2) is 14.4 Å². The molecular weight excluding hydrogens is 371 g/mol. The Labute approximate surface area is 167 Å². The maximum Gasteiger partial charge on any atom is 0.251 e. The summed E-state index contributed by atoms with van der Waals surface area (Å²) in [6.45, 7) is 1.14. The van der Waals surface area contributed by atoms with Crippen LogP contribution in [0.1, 0.15) is 28.8 Å². The van der Waals surface area contributed by atoms with Gasteiger partial charge in [-0.05, 0) is 48.6 Å². The topological polar surface area (TPSA) is 91.8 Å².